The summed E-state index contributed by atoms with van der Waals surface area (Å²) < 4.78 is 24.1. The van der Waals surface area contributed by atoms with Crippen molar-refractivity contribution in [1.82, 2.24) is 0 Å². The molecule has 3 aromatic rings. The van der Waals surface area contributed by atoms with Crippen LogP contribution in [0, 0.1) is 15.9 Å². The fourth-order valence-electron chi connectivity index (χ4n) is 2.43. The summed E-state index contributed by atoms with van der Waals surface area (Å²) in [7, 11) is 1.51. The fourth-order valence-corrected chi connectivity index (χ4v) is 3.86. The molecule has 0 aliphatic heterocycles. The third-order valence-corrected chi connectivity index (χ3v) is 5.42. The number of carbonyl (C=O) groups excluding carboxylic acids is 2. The van der Waals surface area contributed by atoms with E-state index in [0.29, 0.717) is 15.8 Å². The normalized spacial score (nSPS) is 10.6. The van der Waals surface area contributed by atoms with Crippen LogP contribution in [0.3, 0.4) is 0 Å². The largest absolute Gasteiger partial charge is 0.497 e. The van der Waals surface area contributed by atoms with E-state index < -0.39 is 34.9 Å². The van der Waals surface area contributed by atoms with Gasteiger partial charge in [0, 0.05) is 21.8 Å². The Kier molecular flexibility index (Phi) is 5.95. The average Bonchev–Trinajstić information content (AvgIpc) is 3.03. The van der Waals surface area contributed by atoms with Crippen LogP contribution in [-0.2, 0) is 9.53 Å². The Bertz CT molecular complexity index is 1130. The maximum Gasteiger partial charge on any atom is 0.350 e. The van der Waals surface area contributed by atoms with Crippen molar-refractivity contribution in [2.24, 2.45) is 0 Å². The molecule has 0 fully saturated rings. The van der Waals surface area contributed by atoms with E-state index in [9.17, 15) is 24.1 Å². The molecular weight excluding hydrogens is 427 g/mol. The molecular formula is C18H12ClFN2O6S. The molecule has 0 unspecified atom stereocenters. The quantitative estimate of drug-likeness (QED) is 0.347. The molecule has 0 aliphatic carbocycles. The Morgan fingerprint density at radius 2 is 2.03 bits per heavy atom. The number of benzene rings is 2. The van der Waals surface area contributed by atoms with Gasteiger partial charge in [0.25, 0.3) is 5.91 Å². The van der Waals surface area contributed by atoms with E-state index in [1.165, 1.54) is 7.11 Å². The molecule has 0 atom stereocenters. The monoisotopic (exact) mass is 438 g/mol. The van der Waals surface area contributed by atoms with Crippen molar-refractivity contribution >= 4 is 56.3 Å². The summed E-state index contributed by atoms with van der Waals surface area (Å²) in [6.07, 6.45) is 0. The highest BCUT2D eigenvalue weighted by molar-refractivity contribution is 7.21. The predicted octanol–water partition coefficient (Wildman–Crippen LogP) is 4.41. The Morgan fingerprint density at radius 3 is 2.72 bits per heavy atom. The van der Waals surface area contributed by atoms with Crippen molar-refractivity contribution in [2.45, 2.75) is 0 Å². The average molecular weight is 439 g/mol. The number of fused-ring (bicyclic) bond motifs is 1. The van der Waals surface area contributed by atoms with Crippen LogP contribution in [-0.4, -0.2) is 30.5 Å². The highest BCUT2D eigenvalue weighted by Gasteiger charge is 2.20. The number of esters is 1. The van der Waals surface area contributed by atoms with E-state index in [1.54, 1.807) is 18.2 Å². The first-order valence-electron chi connectivity index (χ1n) is 7.97. The number of carbonyl (C=O) groups is 2. The molecule has 0 saturated heterocycles. The lowest BCUT2D eigenvalue weighted by atomic mass is 10.2. The third kappa shape index (κ3) is 4.44. The van der Waals surface area contributed by atoms with Crippen LogP contribution in [0.15, 0.2) is 36.4 Å². The number of rotatable bonds is 6. The van der Waals surface area contributed by atoms with E-state index in [1.807, 2.05) is 0 Å². The lowest BCUT2D eigenvalue weighted by Gasteiger charge is -2.06. The minimum absolute atomic E-state index is 0.00821. The molecule has 8 nitrogen and oxygen atoms in total. The summed E-state index contributed by atoms with van der Waals surface area (Å²) in [5.41, 5.74) is -0.793. The van der Waals surface area contributed by atoms with Crippen LogP contribution >= 0.6 is 22.9 Å². The Balaban J connectivity index is 1.67. The summed E-state index contributed by atoms with van der Waals surface area (Å²) in [5, 5.41) is 13.9. The van der Waals surface area contributed by atoms with Gasteiger partial charge in [-0.2, -0.15) is 4.39 Å². The zero-order valence-corrected chi connectivity index (χ0v) is 16.3. The van der Waals surface area contributed by atoms with Crippen molar-refractivity contribution in [2.75, 3.05) is 19.0 Å². The highest BCUT2D eigenvalue weighted by Crippen LogP contribution is 2.37. The van der Waals surface area contributed by atoms with Gasteiger partial charge in [0.2, 0.25) is 5.82 Å². The van der Waals surface area contributed by atoms with Crippen molar-refractivity contribution in [3.05, 3.63) is 62.2 Å². The summed E-state index contributed by atoms with van der Waals surface area (Å²) in [6, 6.07) is 7.99. The molecule has 1 N–H and O–H groups in total. The summed E-state index contributed by atoms with van der Waals surface area (Å²) in [6.45, 7) is -0.655. The number of halogens is 2. The van der Waals surface area contributed by atoms with Crippen LogP contribution in [0.1, 0.15) is 9.67 Å². The first kappa shape index (κ1) is 20.5. The number of thiophene rings is 1. The zero-order chi connectivity index (χ0) is 21.1. The van der Waals surface area contributed by atoms with Crippen LogP contribution in [0.2, 0.25) is 5.02 Å². The number of nitrogens with zero attached hydrogens (tertiary/aromatic N) is 1. The number of hydrogen-bond donors (Lipinski definition) is 1. The molecule has 0 aliphatic rings. The molecule has 0 spiro atoms. The van der Waals surface area contributed by atoms with Gasteiger partial charge in [0.1, 0.15) is 10.6 Å². The van der Waals surface area contributed by atoms with Crippen LogP contribution in [0.25, 0.3) is 10.1 Å². The molecule has 0 saturated carbocycles. The van der Waals surface area contributed by atoms with Gasteiger partial charge < -0.3 is 14.8 Å². The molecule has 3 rings (SSSR count). The number of ether oxygens (including phenoxy) is 2. The second kappa shape index (κ2) is 8.41. The molecule has 0 radical (unpaired) electrons. The zero-order valence-electron chi connectivity index (χ0n) is 14.7. The minimum atomic E-state index is -1.03. The highest BCUT2D eigenvalue weighted by atomic mass is 35.5. The van der Waals surface area contributed by atoms with Gasteiger partial charge in [0.15, 0.2) is 6.61 Å². The lowest BCUT2D eigenvalue weighted by molar-refractivity contribution is -0.387. The van der Waals surface area contributed by atoms with E-state index in [2.05, 4.69) is 5.32 Å². The van der Waals surface area contributed by atoms with Crippen LogP contribution in [0.5, 0.6) is 5.75 Å². The van der Waals surface area contributed by atoms with Crippen molar-refractivity contribution in [3.8, 4) is 5.75 Å². The smallest absolute Gasteiger partial charge is 0.350 e. The standard InChI is InChI=1S/C18H12ClFN2O6S/c1-27-10-3-4-11-14(7-10)29-17(16(11)19)18(24)28-8-15(23)21-9-2-5-12(20)13(6-9)22(25)26/h2-7H,8H2,1H3,(H,21,23). The number of methoxy groups -OCH3 is 1. The topological polar surface area (TPSA) is 108 Å². The van der Waals surface area contributed by atoms with Gasteiger partial charge in [-0.3, -0.25) is 14.9 Å². The number of hydrogen-bond acceptors (Lipinski definition) is 7. The molecule has 1 heterocycles. The number of anilines is 1. The number of nitro groups is 1. The third-order valence-electron chi connectivity index (χ3n) is 3.78. The lowest BCUT2D eigenvalue weighted by Crippen LogP contribution is -2.20. The van der Waals surface area contributed by atoms with E-state index in [-0.39, 0.29) is 15.6 Å². The molecule has 29 heavy (non-hydrogen) atoms. The van der Waals surface area contributed by atoms with E-state index in [4.69, 9.17) is 21.1 Å². The minimum Gasteiger partial charge on any atom is -0.497 e. The van der Waals surface area contributed by atoms with E-state index in [0.717, 1.165) is 29.5 Å². The molecule has 1 amide bonds. The first-order chi connectivity index (χ1) is 13.8. The Hall–Kier alpha value is -3.24. The summed E-state index contributed by atoms with van der Waals surface area (Å²) >= 11 is 7.31. The Morgan fingerprint density at radius 1 is 1.28 bits per heavy atom. The second-order valence-corrected chi connectivity index (χ2v) is 7.09. The first-order valence-corrected chi connectivity index (χ1v) is 9.16. The molecule has 11 heteroatoms. The van der Waals surface area contributed by atoms with Gasteiger partial charge in [-0.25, -0.2) is 4.79 Å². The molecule has 150 valence electrons. The number of nitro benzene ring substituents is 1. The van der Waals surface area contributed by atoms with Crippen molar-refractivity contribution in [1.29, 1.82) is 0 Å². The van der Waals surface area contributed by atoms with Gasteiger partial charge >= 0.3 is 11.7 Å². The maximum atomic E-state index is 13.3. The second-order valence-electron chi connectivity index (χ2n) is 5.65. The van der Waals surface area contributed by atoms with Gasteiger partial charge in [-0.1, -0.05) is 11.6 Å². The predicted molar refractivity (Wildman–Crippen MR) is 105 cm³/mol. The maximum absolute atomic E-state index is 13.3. The van der Waals surface area contributed by atoms with E-state index >= 15 is 0 Å². The molecule has 0 bridgehead atoms. The van der Waals surface area contributed by atoms with Crippen molar-refractivity contribution < 1.29 is 28.4 Å². The number of nitrogens with one attached hydrogen (secondary N) is 1. The SMILES string of the molecule is COc1ccc2c(Cl)c(C(=O)OCC(=O)Nc3ccc(F)c([N+](=O)[O-])c3)sc2c1. The summed E-state index contributed by atoms with van der Waals surface area (Å²) in [5.74, 6) is -1.98. The molecule has 1 aromatic heterocycles. The number of amides is 1. The Labute approximate surface area is 171 Å². The molecule has 2 aromatic carbocycles. The van der Waals surface area contributed by atoms with Crippen LogP contribution < -0.4 is 10.1 Å². The van der Waals surface area contributed by atoms with Gasteiger partial charge in [-0.05, 0) is 30.3 Å². The van der Waals surface area contributed by atoms with Gasteiger partial charge in [-0.15, -0.1) is 11.3 Å². The van der Waals surface area contributed by atoms with Crippen LogP contribution in [0.4, 0.5) is 15.8 Å². The van der Waals surface area contributed by atoms with Gasteiger partial charge in [0.05, 0.1) is 17.1 Å². The summed E-state index contributed by atoms with van der Waals surface area (Å²) in [4.78, 5) is 34.2. The fraction of sp³-hybridized carbons (Fsp3) is 0.111. The van der Waals surface area contributed by atoms with Crippen molar-refractivity contribution in [3.63, 3.8) is 0 Å².